The zero-order valence-corrected chi connectivity index (χ0v) is 25.6. The molecular formula is C28H30ClN5O9S. The van der Waals surface area contributed by atoms with Gasteiger partial charge in [-0.05, 0) is 36.4 Å². The quantitative estimate of drug-likeness (QED) is 0.175. The largest absolute Gasteiger partial charge is 0.495 e. The summed E-state index contributed by atoms with van der Waals surface area (Å²) < 4.78 is 50.0. The summed E-state index contributed by atoms with van der Waals surface area (Å²) >= 11 is 6.21. The lowest BCUT2D eigenvalue weighted by Crippen LogP contribution is -2.40. The van der Waals surface area contributed by atoms with Gasteiger partial charge in [0, 0.05) is 47.6 Å². The molecule has 0 bridgehead atoms. The van der Waals surface area contributed by atoms with Gasteiger partial charge in [-0.1, -0.05) is 11.6 Å². The summed E-state index contributed by atoms with van der Waals surface area (Å²) in [5.41, 5.74) is 3.21. The number of carbonyl (C=O) groups is 1. The van der Waals surface area contributed by atoms with Crippen LogP contribution in [0.1, 0.15) is 5.56 Å². The van der Waals surface area contributed by atoms with E-state index in [9.17, 15) is 23.3 Å². The number of ether oxygens (including phenoxy) is 4. The summed E-state index contributed by atoms with van der Waals surface area (Å²) in [6.07, 6.45) is 1.27. The van der Waals surface area contributed by atoms with Crippen molar-refractivity contribution in [1.29, 1.82) is 0 Å². The van der Waals surface area contributed by atoms with Gasteiger partial charge in [0.2, 0.25) is 0 Å². The number of nitro groups is 1. The molecule has 16 heteroatoms. The Bertz CT molecular complexity index is 1660. The normalized spacial score (nSPS) is 13.4. The predicted octanol–water partition coefficient (Wildman–Crippen LogP) is 3.46. The molecule has 1 fully saturated rings. The lowest BCUT2D eigenvalue weighted by Gasteiger charge is -2.29. The topological polar surface area (TPSA) is 162 Å². The molecule has 3 aromatic carbocycles. The monoisotopic (exact) mass is 647 g/mol. The number of morpholine rings is 1. The molecule has 0 aliphatic carbocycles. The van der Waals surface area contributed by atoms with E-state index in [2.05, 4.69) is 10.5 Å². The molecule has 1 aliphatic rings. The van der Waals surface area contributed by atoms with Crippen LogP contribution < -0.4 is 28.8 Å². The fraction of sp³-hybridized carbons (Fsp3) is 0.286. The molecule has 14 nitrogen and oxygen atoms in total. The molecule has 1 N–H and O–H groups in total. The Morgan fingerprint density at radius 3 is 2.39 bits per heavy atom. The highest BCUT2D eigenvalue weighted by Gasteiger charge is 2.31. The van der Waals surface area contributed by atoms with Gasteiger partial charge in [-0.3, -0.25) is 19.2 Å². The van der Waals surface area contributed by atoms with Gasteiger partial charge in [-0.2, -0.15) is 5.10 Å². The molecule has 1 heterocycles. The fourth-order valence-electron chi connectivity index (χ4n) is 4.45. The Balaban J connectivity index is 1.66. The Kier molecular flexibility index (Phi) is 10.5. The molecule has 0 spiro atoms. The van der Waals surface area contributed by atoms with E-state index in [0.717, 1.165) is 4.31 Å². The molecular weight excluding hydrogens is 618 g/mol. The number of nitro benzene ring substituents is 1. The number of carbonyl (C=O) groups excluding carboxylic acids is 1. The smallest absolute Gasteiger partial charge is 0.270 e. The van der Waals surface area contributed by atoms with E-state index in [1.807, 2.05) is 4.90 Å². The average Bonchev–Trinajstić information content (AvgIpc) is 3.03. The van der Waals surface area contributed by atoms with Crippen molar-refractivity contribution in [3.05, 3.63) is 75.3 Å². The Hall–Kier alpha value is -4.60. The van der Waals surface area contributed by atoms with Crippen LogP contribution in [0.15, 0.2) is 64.6 Å². The molecule has 0 atom stereocenters. The summed E-state index contributed by atoms with van der Waals surface area (Å²) in [7, 11) is -0.288. The van der Waals surface area contributed by atoms with Gasteiger partial charge in [0.25, 0.3) is 21.6 Å². The van der Waals surface area contributed by atoms with E-state index in [1.54, 1.807) is 6.07 Å². The standard InChI is InChI=1S/C28H30ClN5O9S/c1-40-25-8-4-20(29)15-24(25)33(44(38,39)22-6-9-26(41-2)27(16-22)42-3)18-28(35)31-30-17-19-14-21(34(36)37)5-7-23(19)32-10-12-43-13-11-32/h4-9,14-17H,10-13,18H2,1-3H3,(H,31,35)/b30-17-. The first-order valence-corrected chi connectivity index (χ1v) is 14.9. The van der Waals surface area contributed by atoms with Crippen LogP contribution in [-0.4, -0.2) is 79.6 Å². The number of methoxy groups -OCH3 is 3. The number of hydrogen-bond acceptors (Lipinski definition) is 11. The highest BCUT2D eigenvalue weighted by atomic mass is 35.5. The minimum Gasteiger partial charge on any atom is -0.495 e. The summed E-state index contributed by atoms with van der Waals surface area (Å²) in [4.78, 5) is 25.8. The van der Waals surface area contributed by atoms with Crippen molar-refractivity contribution < 1.29 is 37.1 Å². The number of hydrogen-bond donors (Lipinski definition) is 1. The second-order valence-corrected chi connectivity index (χ2v) is 11.5. The molecule has 1 aliphatic heterocycles. The van der Waals surface area contributed by atoms with Crippen LogP contribution >= 0.6 is 11.6 Å². The Morgan fingerprint density at radius 1 is 1.05 bits per heavy atom. The molecule has 0 saturated carbocycles. The van der Waals surface area contributed by atoms with Crippen LogP contribution in [0.2, 0.25) is 5.02 Å². The maximum Gasteiger partial charge on any atom is 0.270 e. The molecule has 234 valence electrons. The zero-order valence-electron chi connectivity index (χ0n) is 24.1. The third-order valence-electron chi connectivity index (χ3n) is 6.61. The summed E-state index contributed by atoms with van der Waals surface area (Å²) in [6.45, 7) is 1.38. The van der Waals surface area contributed by atoms with Gasteiger partial charge in [-0.25, -0.2) is 13.8 Å². The molecule has 1 amide bonds. The van der Waals surface area contributed by atoms with Crippen molar-refractivity contribution in [1.82, 2.24) is 5.43 Å². The fourth-order valence-corrected chi connectivity index (χ4v) is 6.06. The first kappa shape index (κ1) is 32.3. The van der Waals surface area contributed by atoms with Gasteiger partial charge >= 0.3 is 0 Å². The number of sulfonamides is 1. The highest BCUT2D eigenvalue weighted by molar-refractivity contribution is 7.92. The third kappa shape index (κ3) is 7.30. The van der Waals surface area contributed by atoms with Crippen LogP contribution in [0.4, 0.5) is 17.1 Å². The first-order chi connectivity index (χ1) is 21.1. The number of non-ortho nitro benzene ring substituents is 1. The van der Waals surface area contributed by atoms with Gasteiger partial charge in [0.05, 0.1) is 56.3 Å². The van der Waals surface area contributed by atoms with E-state index in [-0.39, 0.29) is 32.8 Å². The summed E-state index contributed by atoms with van der Waals surface area (Å²) in [5, 5.41) is 15.6. The number of nitrogens with one attached hydrogen (secondary N) is 1. The Morgan fingerprint density at radius 2 is 1.73 bits per heavy atom. The van der Waals surface area contributed by atoms with Gasteiger partial charge in [0.15, 0.2) is 11.5 Å². The average molecular weight is 648 g/mol. The molecule has 1 saturated heterocycles. The number of hydrazone groups is 1. The second kappa shape index (κ2) is 14.2. The predicted molar refractivity (Wildman–Crippen MR) is 164 cm³/mol. The van der Waals surface area contributed by atoms with Crippen LogP contribution in [-0.2, 0) is 19.6 Å². The maximum absolute atomic E-state index is 14.0. The maximum atomic E-state index is 14.0. The van der Waals surface area contributed by atoms with E-state index in [0.29, 0.717) is 43.3 Å². The van der Waals surface area contributed by atoms with E-state index >= 15 is 0 Å². The van der Waals surface area contributed by atoms with Gasteiger partial charge in [-0.15, -0.1) is 0 Å². The molecule has 0 aromatic heterocycles. The van der Waals surface area contributed by atoms with Crippen molar-refractivity contribution in [2.75, 3.05) is 63.4 Å². The van der Waals surface area contributed by atoms with Crippen molar-refractivity contribution >= 4 is 50.8 Å². The van der Waals surface area contributed by atoms with Gasteiger partial charge in [0.1, 0.15) is 12.3 Å². The number of nitrogens with zero attached hydrogens (tertiary/aromatic N) is 4. The first-order valence-electron chi connectivity index (χ1n) is 13.1. The molecule has 4 rings (SSSR count). The van der Waals surface area contributed by atoms with Gasteiger partial charge < -0.3 is 23.8 Å². The summed E-state index contributed by atoms with van der Waals surface area (Å²) in [6, 6.07) is 12.7. The van der Waals surface area contributed by atoms with Crippen LogP contribution in [0.25, 0.3) is 0 Å². The number of rotatable bonds is 12. The van der Waals surface area contributed by atoms with Crippen molar-refractivity contribution in [3.8, 4) is 17.2 Å². The lowest BCUT2D eigenvalue weighted by atomic mass is 10.1. The third-order valence-corrected chi connectivity index (χ3v) is 8.60. The van der Waals surface area contributed by atoms with E-state index in [4.69, 9.17) is 30.5 Å². The zero-order chi connectivity index (χ0) is 31.9. The van der Waals surface area contributed by atoms with E-state index in [1.165, 1.54) is 76.1 Å². The number of halogens is 1. The molecule has 0 unspecified atom stereocenters. The van der Waals surface area contributed by atoms with Crippen LogP contribution in [0.3, 0.4) is 0 Å². The SMILES string of the molecule is COc1ccc(S(=O)(=O)N(CC(=O)N/N=C\c2cc([N+](=O)[O-])ccc2N2CCOCC2)c2cc(Cl)ccc2OC)cc1OC. The minimum atomic E-state index is -4.42. The van der Waals surface area contributed by atoms with Crippen LogP contribution in [0.5, 0.6) is 17.2 Å². The van der Waals surface area contributed by atoms with E-state index < -0.39 is 27.4 Å². The number of benzene rings is 3. The van der Waals surface area contributed by atoms with Crippen LogP contribution in [0, 0.1) is 10.1 Å². The molecule has 44 heavy (non-hydrogen) atoms. The van der Waals surface area contributed by atoms with Crippen molar-refractivity contribution in [3.63, 3.8) is 0 Å². The minimum absolute atomic E-state index is 0.00204. The Labute approximate surface area is 258 Å². The number of anilines is 2. The van der Waals surface area contributed by atoms with Crippen molar-refractivity contribution in [2.45, 2.75) is 4.90 Å². The number of amides is 1. The molecule has 3 aromatic rings. The highest BCUT2D eigenvalue weighted by Crippen LogP contribution is 2.37. The lowest BCUT2D eigenvalue weighted by molar-refractivity contribution is -0.384. The summed E-state index contributed by atoms with van der Waals surface area (Å²) in [5.74, 6) is -0.205. The molecule has 0 radical (unpaired) electrons. The van der Waals surface area contributed by atoms with Crippen molar-refractivity contribution in [2.24, 2.45) is 5.10 Å². The second-order valence-electron chi connectivity index (χ2n) is 9.24.